The van der Waals surface area contributed by atoms with E-state index < -0.39 is 0 Å². The van der Waals surface area contributed by atoms with Crippen molar-refractivity contribution in [3.05, 3.63) is 0 Å². The van der Waals surface area contributed by atoms with Crippen molar-refractivity contribution in [3.63, 3.8) is 0 Å². The van der Waals surface area contributed by atoms with E-state index in [1.54, 1.807) is 0 Å². The summed E-state index contributed by atoms with van der Waals surface area (Å²) in [7, 11) is 3.40. The van der Waals surface area contributed by atoms with Crippen LogP contribution in [0.15, 0.2) is 0 Å². The van der Waals surface area contributed by atoms with Crippen molar-refractivity contribution in [2.75, 3.05) is 20.7 Å². The summed E-state index contributed by atoms with van der Waals surface area (Å²) in [6.07, 6.45) is 1.12. The molecule has 4 heteroatoms. The SMILES string of the molecule is COC(=O)C1C2CC(C)(C)OC2CN1C. The van der Waals surface area contributed by atoms with Gasteiger partial charge in [-0.3, -0.25) is 9.69 Å². The van der Waals surface area contributed by atoms with E-state index in [1.165, 1.54) is 7.11 Å². The fraction of sp³-hybridized carbons (Fsp3) is 0.909. The highest BCUT2D eigenvalue weighted by atomic mass is 16.5. The molecule has 0 amide bonds. The Labute approximate surface area is 90.5 Å². The van der Waals surface area contributed by atoms with Crippen LogP contribution in [0.5, 0.6) is 0 Å². The second-order valence-corrected chi connectivity index (χ2v) is 5.19. The number of carbonyl (C=O) groups excluding carboxylic acids is 1. The molecule has 3 unspecified atom stereocenters. The maximum absolute atomic E-state index is 11.7. The molecule has 0 aromatic heterocycles. The molecule has 0 bridgehead atoms. The summed E-state index contributed by atoms with van der Waals surface area (Å²) >= 11 is 0. The lowest BCUT2D eigenvalue weighted by molar-refractivity contribution is -0.146. The van der Waals surface area contributed by atoms with Gasteiger partial charge in [0.15, 0.2) is 0 Å². The Morgan fingerprint density at radius 3 is 2.80 bits per heavy atom. The zero-order chi connectivity index (χ0) is 11.2. The van der Waals surface area contributed by atoms with E-state index in [0.717, 1.165) is 13.0 Å². The molecular weight excluding hydrogens is 194 g/mol. The molecule has 2 heterocycles. The number of likely N-dealkylation sites (tertiary alicyclic amines) is 1. The molecule has 15 heavy (non-hydrogen) atoms. The Kier molecular flexibility index (Phi) is 2.51. The van der Waals surface area contributed by atoms with Gasteiger partial charge in [-0.25, -0.2) is 0 Å². The van der Waals surface area contributed by atoms with Crippen LogP contribution >= 0.6 is 0 Å². The molecule has 0 aliphatic carbocycles. The molecule has 3 atom stereocenters. The first-order valence-corrected chi connectivity index (χ1v) is 5.40. The standard InChI is InChI=1S/C11H19NO3/c1-11(2)5-7-8(15-11)6-12(3)9(7)10(13)14-4/h7-9H,5-6H2,1-4H3. The molecular formula is C11H19NO3. The van der Waals surface area contributed by atoms with Crippen LogP contribution in [0.3, 0.4) is 0 Å². The van der Waals surface area contributed by atoms with Crippen molar-refractivity contribution in [2.45, 2.75) is 38.0 Å². The molecule has 2 aliphatic heterocycles. The van der Waals surface area contributed by atoms with Crippen LogP contribution in [0.1, 0.15) is 20.3 Å². The first-order chi connectivity index (χ1) is 6.94. The fourth-order valence-electron chi connectivity index (χ4n) is 2.93. The van der Waals surface area contributed by atoms with Gasteiger partial charge in [0, 0.05) is 12.5 Å². The lowest BCUT2D eigenvalue weighted by Gasteiger charge is -2.24. The Bertz CT molecular complexity index is 277. The first-order valence-electron chi connectivity index (χ1n) is 5.40. The third kappa shape index (κ3) is 1.76. The highest BCUT2D eigenvalue weighted by Crippen LogP contribution is 2.42. The molecule has 2 saturated heterocycles. The summed E-state index contributed by atoms with van der Waals surface area (Å²) < 4.78 is 10.8. The average molecular weight is 213 g/mol. The van der Waals surface area contributed by atoms with Crippen LogP contribution < -0.4 is 0 Å². The number of fused-ring (bicyclic) bond motifs is 1. The third-order valence-electron chi connectivity index (χ3n) is 3.47. The molecule has 0 radical (unpaired) electrons. The number of nitrogens with zero attached hydrogens (tertiary/aromatic N) is 1. The molecule has 0 spiro atoms. The maximum Gasteiger partial charge on any atom is 0.323 e. The second-order valence-electron chi connectivity index (χ2n) is 5.19. The molecule has 0 aromatic carbocycles. The monoisotopic (exact) mass is 213 g/mol. The number of hydrogen-bond acceptors (Lipinski definition) is 4. The van der Waals surface area contributed by atoms with Gasteiger partial charge >= 0.3 is 5.97 Å². The van der Waals surface area contributed by atoms with Crippen molar-refractivity contribution in [3.8, 4) is 0 Å². The summed E-state index contributed by atoms with van der Waals surface area (Å²) in [5.74, 6) is 0.156. The van der Waals surface area contributed by atoms with Gasteiger partial charge in [-0.15, -0.1) is 0 Å². The number of esters is 1. The lowest BCUT2D eigenvalue weighted by atomic mass is 9.90. The molecule has 0 aromatic rings. The van der Waals surface area contributed by atoms with Gasteiger partial charge in [-0.1, -0.05) is 0 Å². The predicted molar refractivity (Wildman–Crippen MR) is 55.5 cm³/mol. The van der Waals surface area contributed by atoms with E-state index >= 15 is 0 Å². The van der Waals surface area contributed by atoms with Gasteiger partial charge in [0.05, 0.1) is 18.8 Å². The molecule has 4 nitrogen and oxygen atoms in total. The highest BCUT2D eigenvalue weighted by molar-refractivity contribution is 5.76. The molecule has 2 aliphatic rings. The molecule has 0 N–H and O–H groups in total. The van der Waals surface area contributed by atoms with Crippen LogP contribution in [0.25, 0.3) is 0 Å². The zero-order valence-corrected chi connectivity index (χ0v) is 9.82. The normalized spacial score (nSPS) is 39.1. The van der Waals surface area contributed by atoms with Gasteiger partial charge in [-0.2, -0.15) is 0 Å². The highest BCUT2D eigenvalue weighted by Gasteiger charge is 2.53. The van der Waals surface area contributed by atoms with E-state index in [2.05, 4.69) is 13.8 Å². The zero-order valence-electron chi connectivity index (χ0n) is 9.82. The summed E-state index contributed by atoms with van der Waals surface area (Å²) in [5.41, 5.74) is -0.0944. The molecule has 2 rings (SSSR count). The Hall–Kier alpha value is -0.610. The second kappa shape index (κ2) is 3.46. The van der Waals surface area contributed by atoms with E-state index in [1.807, 2.05) is 11.9 Å². The van der Waals surface area contributed by atoms with Crippen molar-refractivity contribution >= 4 is 5.97 Å². The minimum Gasteiger partial charge on any atom is -0.468 e. The number of rotatable bonds is 1. The average Bonchev–Trinajstić information content (AvgIpc) is 2.54. The van der Waals surface area contributed by atoms with Gasteiger partial charge < -0.3 is 9.47 Å². The third-order valence-corrected chi connectivity index (χ3v) is 3.47. The van der Waals surface area contributed by atoms with E-state index in [0.29, 0.717) is 0 Å². The number of hydrogen-bond donors (Lipinski definition) is 0. The quantitative estimate of drug-likeness (QED) is 0.600. The Morgan fingerprint density at radius 2 is 2.20 bits per heavy atom. The molecule has 0 saturated carbocycles. The van der Waals surface area contributed by atoms with Gasteiger partial charge in [0.25, 0.3) is 0 Å². The summed E-state index contributed by atoms with van der Waals surface area (Å²) in [6, 6.07) is -0.123. The van der Waals surface area contributed by atoms with E-state index in [4.69, 9.17) is 9.47 Å². The Balaban J connectivity index is 2.15. The maximum atomic E-state index is 11.7. The molecule has 2 fully saturated rings. The van der Waals surface area contributed by atoms with Crippen LogP contribution in [0.4, 0.5) is 0 Å². The van der Waals surface area contributed by atoms with E-state index in [-0.39, 0.29) is 29.6 Å². The lowest BCUT2D eigenvalue weighted by Crippen LogP contribution is -2.39. The molecule has 86 valence electrons. The predicted octanol–water partition coefficient (Wildman–Crippen LogP) is 0.657. The Morgan fingerprint density at radius 1 is 1.53 bits per heavy atom. The van der Waals surface area contributed by atoms with Gasteiger partial charge in [-0.05, 0) is 27.3 Å². The topological polar surface area (TPSA) is 38.8 Å². The summed E-state index contributed by atoms with van der Waals surface area (Å²) in [6.45, 7) is 4.99. The minimum atomic E-state index is -0.133. The summed E-state index contributed by atoms with van der Waals surface area (Å²) in [4.78, 5) is 13.7. The summed E-state index contributed by atoms with van der Waals surface area (Å²) in [5, 5.41) is 0. The number of methoxy groups -OCH3 is 1. The largest absolute Gasteiger partial charge is 0.468 e. The van der Waals surface area contributed by atoms with Crippen molar-refractivity contribution in [1.29, 1.82) is 0 Å². The number of carbonyl (C=O) groups is 1. The number of likely N-dealkylation sites (N-methyl/N-ethyl adjacent to an activating group) is 1. The van der Waals surface area contributed by atoms with Crippen LogP contribution in [-0.4, -0.2) is 49.3 Å². The van der Waals surface area contributed by atoms with E-state index in [9.17, 15) is 4.79 Å². The number of ether oxygens (including phenoxy) is 2. The van der Waals surface area contributed by atoms with Crippen LogP contribution in [-0.2, 0) is 14.3 Å². The first kappa shape index (κ1) is 10.9. The minimum absolute atomic E-state index is 0.0944. The van der Waals surface area contributed by atoms with Crippen molar-refractivity contribution < 1.29 is 14.3 Å². The van der Waals surface area contributed by atoms with Crippen LogP contribution in [0, 0.1) is 5.92 Å². The van der Waals surface area contributed by atoms with Crippen LogP contribution in [0.2, 0.25) is 0 Å². The van der Waals surface area contributed by atoms with Gasteiger partial charge in [0.1, 0.15) is 6.04 Å². The van der Waals surface area contributed by atoms with Crippen molar-refractivity contribution in [1.82, 2.24) is 4.90 Å². The van der Waals surface area contributed by atoms with Gasteiger partial charge in [0.2, 0.25) is 0 Å². The van der Waals surface area contributed by atoms with Crippen molar-refractivity contribution in [2.24, 2.45) is 5.92 Å². The smallest absolute Gasteiger partial charge is 0.323 e. The fourth-order valence-corrected chi connectivity index (χ4v) is 2.93.